The molecule has 4 atom stereocenters. The molecule has 1 aromatic carbocycles. The normalized spacial score (nSPS) is 29.5. The van der Waals surface area contributed by atoms with Gasteiger partial charge in [0.05, 0.1) is 18.1 Å². The summed E-state index contributed by atoms with van der Waals surface area (Å²) in [6, 6.07) is 9.84. The van der Waals surface area contributed by atoms with Gasteiger partial charge in [0.1, 0.15) is 5.92 Å². The van der Waals surface area contributed by atoms with E-state index in [0.717, 1.165) is 12.0 Å². The molecule has 21 heavy (non-hydrogen) atoms. The van der Waals surface area contributed by atoms with E-state index in [9.17, 15) is 14.7 Å². The molecular formula is C16H17NO4. The molecular weight excluding hydrogens is 270 g/mol. The smallest absolute Gasteiger partial charge is 0.310 e. The van der Waals surface area contributed by atoms with Crippen LogP contribution < -0.4 is 5.32 Å². The number of carboxylic acid groups (broad SMARTS) is 1. The molecule has 2 aliphatic rings. The van der Waals surface area contributed by atoms with Crippen molar-refractivity contribution in [3.05, 3.63) is 48.0 Å². The summed E-state index contributed by atoms with van der Waals surface area (Å²) < 4.78 is 5.49. The molecule has 1 saturated heterocycles. The van der Waals surface area contributed by atoms with Gasteiger partial charge >= 0.3 is 5.97 Å². The maximum atomic E-state index is 12.3. The van der Waals surface area contributed by atoms with Gasteiger partial charge in [0.15, 0.2) is 0 Å². The van der Waals surface area contributed by atoms with E-state index < -0.39 is 30.0 Å². The van der Waals surface area contributed by atoms with Crippen molar-refractivity contribution in [3.8, 4) is 0 Å². The van der Waals surface area contributed by atoms with Crippen molar-refractivity contribution >= 4 is 11.9 Å². The van der Waals surface area contributed by atoms with Crippen LogP contribution in [0.2, 0.25) is 0 Å². The van der Waals surface area contributed by atoms with Crippen LogP contribution in [0.15, 0.2) is 42.5 Å². The zero-order chi connectivity index (χ0) is 14.8. The van der Waals surface area contributed by atoms with Crippen molar-refractivity contribution in [2.45, 2.75) is 18.6 Å². The minimum Gasteiger partial charge on any atom is -0.481 e. The maximum absolute atomic E-state index is 12.3. The largest absolute Gasteiger partial charge is 0.481 e. The first-order valence-electron chi connectivity index (χ1n) is 7.05. The molecule has 0 aromatic heterocycles. The van der Waals surface area contributed by atoms with Gasteiger partial charge in [-0.2, -0.15) is 0 Å². The third-order valence-corrected chi connectivity index (χ3v) is 4.04. The first kappa shape index (κ1) is 13.8. The van der Waals surface area contributed by atoms with E-state index in [-0.39, 0.29) is 5.91 Å². The number of aliphatic carboxylic acids is 1. The third-order valence-electron chi connectivity index (χ3n) is 4.04. The van der Waals surface area contributed by atoms with Crippen LogP contribution in [0.3, 0.4) is 0 Å². The lowest BCUT2D eigenvalue weighted by atomic mass is 9.82. The fourth-order valence-electron chi connectivity index (χ4n) is 3.01. The van der Waals surface area contributed by atoms with Gasteiger partial charge < -0.3 is 15.2 Å². The van der Waals surface area contributed by atoms with Gasteiger partial charge in [0, 0.05) is 6.54 Å². The monoisotopic (exact) mass is 287 g/mol. The molecule has 1 amide bonds. The Morgan fingerprint density at radius 2 is 1.76 bits per heavy atom. The van der Waals surface area contributed by atoms with Gasteiger partial charge in [-0.3, -0.25) is 9.59 Å². The van der Waals surface area contributed by atoms with E-state index in [1.165, 1.54) is 0 Å². The van der Waals surface area contributed by atoms with Crippen molar-refractivity contribution in [1.82, 2.24) is 5.32 Å². The molecule has 0 saturated carbocycles. The number of fused-ring (bicyclic) bond motifs is 2. The van der Waals surface area contributed by atoms with E-state index >= 15 is 0 Å². The van der Waals surface area contributed by atoms with E-state index in [1.54, 1.807) is 12.2 Å². The van der Waals surface area contributed by atoms with Crippen LogP contribution in [0.25, 0.3) is 0 Å². The first-order valence-corrected chi connectivity index (χ1v) is 7.05. The lowest BCUT2D eigenvalue weighted by Crippen LogP contribution is -2.43. The highest BCUT2D eigenvalue weighted by molar-refractivity contribution is 5.87. The summed E-state index contributed by atoms with van der Waals surface area (Å²) in [5, 5.41) is 12.1. The second-order valence-electron chi connectivity index (χ2n) is 5.37. The quantitative estimate of drug-likeness (QED) is 0.792. The number of carbonyl (C=O) groups is 2. The lowest BCUT2D eigenvalue weighted by Gasteiger charge is -2.20. The molecule has 1 fully saturated rings. The Labute approximate surface area is 122 Å². The molecule has 2 bridgehead atoms. The highest BCUT2D eigenvalue weighted by atomic mass is 16.5. The summed E-state index contributed by atoms with van der Waals surface area (Å²) >= 11 is 0. The number of carbonyl (C=O) groups excluding carboxylic acids is 1. The van der Waals surface area contributed by atoms with Crippen LogP contribution >= 0.6 is 0 Å². The second kappa shape index (κ2) is 5.69. The Morgan fingerprint density at radius 1 is 1.10 bits per heavy atom. The molecule has 0 spiro atoms. The number of hydrogen-bond acceptors (Lipinski definition) is 3. The average Bonchev–Trinajstić information content (AvgIpc) is 3.08. The van der Waals surface area contributed by atoms with Gasteiger partial charge in [-0.15, -0.1) is 0 Å². The Balaban J connectivity index is 1.58. The molecule has 2 heterocycles. The number of benzene rings is 1. The van der Waals surface area contributed by atoms with E-state index in [0.29, 0.717) is 6.54 Å². The summed E-state index contributed by atoms with van der Waals surface area (Å²) in [4.78, 5) is 23.6. The Kier molecular flexibility index (Phi) is 3.75. The highest BCUT2D eigenvalue weighted by Crippen LogP contribution is 2.39. The molecule has 0 unspecified atom stereocenters. The zero-order valence-corrected chi connectivity index (χ0v) is 11.4. The van der Waals surface area contributed by atoms with Crippen LogP contribution in [0.1, 0.15) is 5.56 Å². The zero-order valence-electron chi connectivity index (χ0n) is 11.4. The predicted octanol–water partition coefficient (Wildman–Crippen LogP) is 0.999. The molecule has 5 nitrogen and oxygen atoms in total. The lowest BCUT2D eigenvalue weighted by molar-refractivity contribution is -0.146. The van der Waals surface area contributed by atoms with Crippen LogP contribution in [0, 0.1) is 11.8 Å². The fourth-order valence-corrected chi connectivity index (χ4v) is 3.01. The number of rotatable bonds is 5. The van der Waals surface area contributed by atoms with E-state index in [1.807, 2.05) is 30.3 Å². The minimum atomic E-state index is -0.977. The summed E-state index contributed by atoms with van der Waals surface area (Å²) in [7, 11) is 0. The molecule has 5 heteroatoms. The molecule has 0 radical (unpaired) electrons. The number of nitrogens with one attached hydrogen (secondary N) is 1. The molecule has 2 aliphatic heterocycles. The van der Waals surface area contributed by atoms with Gasteiger partial charge in [-0.05, 0) is 12.0 Å². The van der Waals surface area contributed by atoms with E-state index in [4.69, 9.17) is 4.74 Å². The van der Waals surface area contributed by atoms with Crippen LogP contribution in [0.4, 0.5) is 0 Å². The standard InChI is InChI=1S/C16H17NO4/c18-15(17-9-8-10-4-2-1-3-5-10)13-11-6-7-12(21-11)14(13)16(19)20/h1-7,11-14H,8-9H2,(H,17,18)(H,19,20)/t11-,12+,13+,14+/m1/s1. The number of amides is 1. The molecule has 0 aliphatic carbocycles. The molecule has 3 rings (SSSR count). The summed E-state index contributed by atoms with van der Waals surface area (Å²) in [5.41, 5.74) is 1.14. The van der Waals surface area contributed by atoms with Gasteiger partial charge in [0.2, 0.25) is 5.91 Å². The Hall–Kier alpha value is -2.14. The van der Waals surface area contributed by atoms with Crippen LogP contribution in [-0.2, 0) is 20.7 Å². The minimum absolute atomic E-state index is 0.241. The van der Waals surface area contributed by atoms with Crippen molar-refractivity contribution in [3.63, 3.8) is 0 Å². The molecule has 110 valence electrons. The number of carboxylic acids is 1. The van der Waals surface area contributed by atoms with Gasteiger partial charge in [-0.1, -0.05) is 42.5 Å². The van der Waals surface area contributed by atoms with Crippen molar-refractivity contribution in [2.75, 3.05) is 6.54 Å². The van der Waals surface area contributed by atoms with Gasteiger partial charge in [0.25, 0.3) is 0 Å². The second-order valence-corrected chi connectivity index (χ2v) is 5.37. The van der Waals surface area contributed by atoms with Crippen LogP contribution in [-0.4, -0.2) is 35.7 Å². The van der Waals surface area contributed by atoms with Gasteiger partial charge in [-0.25, -0.2) is 0 Å². The number of ether oxygens (including phenoxy) is 1. The third kappa shape index (κ3) is 2.69. The van der Waals surface area contributed by atoms with Crippen molar-refractivity contribution in [2.24, 2.45) is 11.8 Å². The SMILES string of the molecule is O=C(O)[C@@H]1[C@@H](C(=O)NCCc2ccccc2)[C@H]2C=C[C@@H]1O2. The Bertz CT molecular complexity index is 569. The van der Waals surface area contributed by atoms with Crippen LogP contribution in [0.5, 0.6) is 0 Å². The molecule has 1 aromatic rings. The van der Waals surface area contributed by atoms with Crippen molar-refractivity contribution in [1.29, 1.82) is 0 Å². The predicted molar refractivity (Wildman–Crippen MR) is 75.6 cm³/mol. The number of hydrogen-bond donors (Lipinski definition) is 2. The topological polar surface area (TPSA) is 75.6 Å². The summed E-state index contributed by atoms with van der Waals surface area (Å²) in [5.74, 6) is -2.63. The summed E-state index contributed by atoms with van der Waals surface area (Å²) in [6.45, 7) is 0.493. The summed E-state index contributed by atoms with van der Waals surface area (Å²) in [6.07, 6.45) is 3.36. The molecule has 2 N–H and O–H groups in total. The highest BCUT2D eigenvalue weighted by Gasteiger charge is 2.53. The van der Waals surface area contributed by atoms with E-state index in [2.05, 4.69) is 5.32 Å². The average molecular weight is 287 g/mol. The first-order chi connectivity index (χ1) is 10.2. The Morgan fingerprint density at radius 3 is 2.43 bits per heavy atom. The van der Waals surface area contributed by atoms with Crippen molar-refractivity contribution < 1.29 is 19.4 Å². The maximum Gasteiger partial charge on any atom is 0.310 e. The fraction of sp³-hybridized carbons (Fsp3) is 0.375.